The molecule has 2 fully saturated rings. The Balaban J connectivity index is 2.12. The Morgan fingerprint density at radius 2 is 1.58 bits per heavy atom. The van der Waals surface area contributed by atoms with Gasteiger partial charge in [0.05, 0.1) is 0 Å². The molecule has 70 valence electrons. The van der Waals surface area contributed by atoms with Crippen LogP contribution in [0.1, 0.15) is 46.0 Å². The Morgan fingerprint density at radius 3 is 2.08 bits per heavy atom. The van der Waals surface area contributed by atoms with Crippen molar-refractivity contribution in [1.29, 1.82) is 0 Å². The van der Waals surface area contributed by atoms with Crippen LogP contribution >= 0.6 is 0 Å². The minimum absolute atomic E-state index is 0.534. The van der Waals surface area contributed by atoms with Crippen LogP contribution in [0, 0.1) is 17.3 Å². The smallest absolute Gasteiger partial charge is 0.00960 e. The summed E-state index contributed by atoms with van der Waals surface area (Å²) in [5, 5.41) is 0. The average molecular weight is 167 g/mol. The molecule has 2 atom stereocenters. The molecule has 1 nitrogen and oxygen atoms in total. The largest absolute Gasteiger partial charge is 0.327 e. The van der Waals surface area contributed by atoms with Crippen LogP contribution in [-0.2, 0) is 0 Å². The van der Waals surface area contributed by atoms with Crippen LogP contribution < -0.4 is 5.73 Å². The summed E-state index contributed by atoms with van der Waals surface area (Å²) in [5.74, 6) is 1.68. The van der Waals surface area contributed by atoms with Crippen molar-refractivity contribution in [3.05, 3.63) is 0 Å². The standard InChI is InChI=1S/C11H21N/c1-11(2)6-8-4-3-5-9(7-11)10(8)12/h8-10H,3-7,12H2,1-2H3. The predicted molar refractivity (Wildman–Crippen MR) is 51.8 cm³/mol. The fraction of sp³-hybridized carbons (Fsp3) is 1.00. The molecule has 2 unspecified atom stereocenters. The van der Waals surface area contributed by atoms with Gasteiger partial charge in [-0.15, -0.1) is 0 Å². The van der Waals surface area contributed by atoms with Crippen LogP contribution in [0.5, 0.6) is 0 Å². The topological polar surface area (TPSA) is 26.0 Å². The van der Waals surface area contributed by atoms with Crippen molar-refractivity contribution in [3.8, 4) is 0 Å². The van der Waals surface area contributed by atoms with E-state index in [0.717, 1.165) is 11.8 Å². The number of nitrogens with two attached hydrogens (primary N) is 1. The lowest BCUT2D eigenvalue weighted by Crippen LogP contribution is -2.48. The fourth-order valence-corrected chi connectivity index (χ4v) is 3.39. The lowest BCUT2D eigenvalue weighted by Gasteiger charge is -2.48. The molecule has 0 spiro atoms. The first-order valence-corrected chi connectivity index (χ1v) is 5.34. The second-order valence-corrected chi connectivity index (χ2v) is 5.60. The van der Waals surface area contributed by atoms with Crippen molar-refractivity contribution in [1.82, 2.24) is 0 Å². The molecule has 0 heterocycles. The minimum atomic E-state index is 0.534. The van der Waals surface area contributed by atoms with Crippen LogP contribution in [0.4, 0.5) is 0 Å². The maximum atomic E-state index is 6.21. The highest BCUT2D eigenvalue weighted by Crippen LogP contribution is 2.47. The van der Waals surface area contributed by atoms with Crippen molar-refractivity contribution in [2.45, 2.75) is 52.0 Å². The molecule has 0 aromatic heterocycles. The SMILES string of the molecule is CC1(C)CC2CCCC(C1)C2N. The van der Waals surface area contributed by atoms with E-state index in [4.69, 9.17) is 5.73 Å². The van der Waals surface area contributed by atoms with E-state index in [9.17, 15) is 0 Å². The number of hydrogen-bond acceptors (Lipinski definition) is 1. The maximum Gasteiger partial charge on any atom is 0.00960 e. The van der Waals surface area contributed by atoms with Gasteiger partial charge in [0.15, 0.2) is 0 Å². The molecular weight excluding hydrogens is 146 g/mol. The van der Waals surface area contributed by atoms with Crippen LogP contribution in [0.25, 0.3) is 0 Å². The van der Waals surface area contributed by atoms with E-state index in [2.05, 4.69) is 13.8 Å². The normalized spacial score (nSPS) is 45.8. The summed E-state index contributed by atoms with van der Waals surface area (Å²) in [4.78, 5) is 0. The van der Waals surface area contributed by atoms with Gasteiger partial charge in [-0.05, 0) is 42.9 Å². The molecule has 1 heteroatoms. The Morgan fingerprint density at radius 1 is 1.08 bits per heavy atom. The quantitative estimate of drug-likeness (QED) is 0.589. The van der Waals surface area contributed by atoms with Crippen molar-refractivity contribution in [3.63, 3.8) is 0 Å². The van der Waals surface area contributed by atoms with Crippen LogP contribution in [-0.4, -0.2) is 6.04 Å². The zero-order chi connectivity index (χ0) is 8.77. The van der Waals surface area contributed by atoms with E-state index in [1.807, 2.05) is 0 Å². The molecule has 2 bridgehead atoms. The van der Waals surface area contributed by atoms with E-state index < -0.39 is 0 Å². The molecule has 0 aliphatic heterocycles. The Kier molecular flexibility index (Phi) is 1.95. The third-order valence-electron chi connectivity index (χ3n) is 3.87. The molecule has 0 amide bonds. The Bertz CT molecular complexity index is 158. The fourth-order valence-electron chi connectivity index (χ4n) is 3.39. The molecule has 12 heavy (non-hydrogen) atoms. The number of hydrogen-bond donors (Lipinski definition) is 1. The first-order valence-electron chi connectivity index (χ1n) is 5.34. The summed E-state index contributed by atoms with van der Waals surface area (Å²) >= 11 is 0. The molecule has 0 radical (unpaired) electrons. The zero-order valence-corrected chi connectivity index (χ0v) is 8.34. The monoisotopic (exact) mass is 167 g/mol. The van der Waals surface area contributed by atoms with Gasteiger partial charge in [0.2, 0.25) is 0 Å². The molecule has 0 aromatic rings. The molecular formula is C11H21N. The Labute approximate surface area is 75.7 Å². The lowest BCUT2D eigenvalue weighted by molar-refractivity contribution is 0.0588. The van der Waals surface area contributed by atoms with Gasteiger partial charge in [-0.25, -0.2) is 0 Å². The van der Waals surface area contributed by atoms with Gasteiger partial charge in [0.25, 0.3) is 0 Å². The first kappa shape index (κ1) is 8.55. The predicted octanol–water partition coefficient (Wildman–Crippen LogP) is 2.55. The lowest BCUT2D eigenvalue weighted by atomic mass is 9.60. The minimum Gasteiger partial charge on any atom is -0.327 e. The highest BCUT2D eigenvalue weighted by molar-refractivity contribution is 4.95. The molecule has 2 N–H and O–H groups in total. The molecule has 0 saturated heterocycles. The highest BCUT2D eigenvalue weighted by Gasteiger charge is 2.41. The van der Waals surface area contributed by atoms with Gasteiger partial charge >= 0.3 is 0 Å². The van der Waals surface area contributed by atoms with Gasteiger partial charge in [-0.1, -0.05) is 20.3 Å². The van der Waals surface area contributed by atoms with Gasteiger partial charge in [0.1, 0.15) is 0 Å². The molecule has 0 aromatic carbocycles. The molecule has 2 aliphatic rings. The molecule has 2 saturated carbocycles. The summed E-state index contributed by atoms with van der Waals surface area (Å²) in [6, 6.07) is 0.534. The maximum absolute atomic E-state index is 6.21. The third kappa shape index (κ3) is 1.39. The summed E-state index contributed by atoms with van der Waals surface area (Å²) in [6.07, 6.45) is 6.94. The average Bonchev–Trinajstić information content (AvgIpc) is 1.92. The van der Waals surface area contributed by atoms with Gasteiger partial charge in [-0.3, -0.25) is 0 Å². The van der Waals surface area contributed by atoms with Crippen molar-refractivity contribution in [2.24, 2.45) is 23.0 Å². The van der Waals surface area contributed by atoms with Gasteiger partial charge < -0.3 is 5.73 Å². The second kappa shape index (κ2) is 2.73. The summed E-state index contributed by atoms with van der Waals surface area (Å²) in [5.41, 5.74) is 6.78. The van der Waals surface area contributed by atoms with Crippen molar-refractivity contribution < 1.29 is 0 Å². The van der Waals surface area contributed by atoms with Gasteiger partial charge in [0, 0.05) is 6.04 Å². The first-order chi connectivity index (χ1) is 5.58. The van der Waals surface area contributed by atoms with E-state index in [-0.39, 0.29) is 0 Å². The van der Waals surface area contributed by atoms with Crippen LogP contribution in [0.15, 0.2) is 0 Å². The van der Waals surface area contributed by atoms with Crippen LogP contribution in [0.3, 0.4) is 0 Å². The summed E-state index contributed by atoms with van der Waals surface area (Å²) < 4.78 is 0. The number of fused-ring (bicyclic) bond motifs is 2. The zero-order valence-electron chi connectivity index (χ0n) is 8.34. The van der Waals surface area contributed by atoms with Crippen LogP contribution in [0.2, 0.25) is 0 Å². The molecule has 2 aliphatic carbocycles. The van der Waals surface area contributed by atoms with E-state index in [0.29, 0.717) is 11.5 Å². The van der Waals surface area contributed by atoms with Crippen molar-refractivity contribution in [2.75, 3.05) is 0 Å². The van der Waals surface area contributed by atoms with E-state index >= 15 is 0 Å². The summed E-state index contributed by atoms with van der Waals surface area (Å²) in [6.45, 7) is 4.81. The van der Waals surface area contributed by atoms with Gasteiger partial charge in [-0.2, -0.15) is 0 Å². The third-order valence-corrected chi connectivity index (χ3v) is 3.87. The molecule has 2 rings (SSSR count). The second-order valence-electron chi connectivity index (χ2n) is 5.60. The van der Waals surface area contributed by atoms with E-state index in [1.54, 1.807) is 0 Å². The number of rotatable bonds is 0. The van der Waals surface area contributed by atoms with Crippen molar-refractivity contribution >= 4 is 0 Å². The highest BCUT2D eigenvalue weighted by atomic mass is 14.7. The van der Waals surface area contributed by atoms with E-state index in [1.165, 1.54) is 32.1 Å². The Hall–Kier alpha value is -0.0400. The summed E-state index contributed by atoms with van der Waals surface area (Å²) in [7, 11) is 0.